The zero-order chi connectivity index (χ0) is 20.8. The van der Waals surface area contributed by atoms with Gasteiger partial charge in [0.1, 0.15) is 11.5 Å². The number of carbonyl (C=O) groups is 1. The predicted octanol–water partition coefficient (Wildman–Crippen LogP) is 3.92. The molecule has 4 rings (SSSR count). The maximum atomic E-state index is 15.0. The summed E-state index contributed by atoms with van der Waals surface area (Å²) in [5.74, 6) is -3.40. The molecule has 0 bridgehead atoms. The van der Waals surface area contributed by atoms with E-state index in [1.165, 1.54) is 18.5 Å². The molecule has 10 heteroatoms. The Balaban J connectivity index is 1.77. The van der Waals surface area contributed by atoms with Crippen LogP contribution in [0, 0.1) is 18.2 Å². The summed E-state index contributed by atoms with van der Waals surface area (Å²) in [6.07, 6.45) is 4.25. The van der Waals surface area contributed by atoms with Crippen molar-refractivity contribution in [2.24, 2.45) is 0 Å². The number of sulfonamides is 1. The SMILES string of the molecule is [C-]#[N+]c1cnc2[nH]cc(C(=O)c3c(F)ccc(NS(=O)(=O)C4CCC4)c3F)c2c1. The number of ketones is 1. The molecule has 29 heavy (non-hydrogen) atoms. The normalized spacial score (nSPS) is 14.4. The first-order chi connectivity index (χ1) is 13.8. The van der Waals surface area contributed by atoms with Crippen LogP contribution in [0.1, 0.15) is 35.2 Å². The molecule has 3 aromatic rings. The number of pyridine rings is 1. The number of nitrogens with zero attached hydrogens (tertiary/aromatic N) is 2. The number of hydrogen-bond acceptors (Lipinski definition) is 4. The van der Waals surface area contributed by atoms with Gasteiger partial charge in [-0.25, -0.2) is 22.0 Å². The second-order valence-corrected chi connectivity index (χ2v) is 8.68. The van der Waals surface area contributed by atoms with Crippen molar-refractivity contribution in [2.45, 2.75) is 24.5 Å². The van der Waals surface area contributed by atoms with Gasteiger partial charge in [-0.1, -0.05) is 6.42 Å². The highest BCUT2D eigenvalue weighted by molar-refractivity contribution is 7.93. The standard InChI is InChI=1S/C19H14F2N4O3S/c1-22-10-7-12-13(9-24-19(12)23-8-10)18(26)16-14(20)5-6-15(17(16)21)25-29(27,28)11-3-2-4-11/h5-9,11,25H,2-4H2,(H,23,24). The monoisotopic (exact) mass is 416 g/mol. The highest BCUT2D eigenvalue weighted by Gasteiger charge is 2.33. The molecule has 0 amide bonds. The molecule has 0 saturated heterocycles. The number of anilines is 1. The summed E-state index contributed by atoms with van der Waals surface area (Å²) < 4.78 is 56.0. The lowest BCUT2D eigenvalue weighted by molar-refractivity contribution is 0.103. The maximum absolute atomic E-state index is 15.0. The van der Waals surface area contributed by atoms with Gasteiger partial charge < -0.3 is 4.98 Å². The van der Waals surface area contributed by atoms with Gasteiger partial charge in [0.2, 0.25) is 21.5 Å². The average Bonchev–Trinajstić information content (AvgIpc) is 3.05. The second-order valence-electron chi connectivity index (χ2n) is 6.72. The molecule has 1 aromatic carbocycles. The summed E-state index contributed by atoms with van der Waals surface area (Å²) in [4.78, 5) is 22.8. The van der Waals surface area contributed by atoms with Crippen LogP contribution in [0.2, 0.25) is 0 Å². The van der Waals surface area contributed by atoms with Gasteiger partial charge in [-0.2, -0.15) is 0 Å². The van der Waals surface area contributed by atoms with E-state index in [2.05, 4.69) is 19.5 Å². The number of aromatic amines is 1. The maximum Gasteiger partial charge on any atom is 0.235 e. The first-order valence-electron chi connectivity index (χ1n) is 8.70. The van der Waals surface area contributed by atoms with Gasteiger partial charge in [-0.3, -0.25) is 14.5 Å². The molecular weight excluding hydrogens is 402 g/mol. The molecule has 1 saturated carbocycles. The topological polar surface area (TPSA) is 96.3 Å². The van der Waals surface area contributed by atoms with Crippen molar-refractivity contribution >= 4 is 38.2 Å². The first kappa shape index (κ1) is 19.0. The van der Waals surface area contributed by atoms with Crippen molar-refractivity contribution in [1.29, 1.82) is 0 Å². The van der Waals surface area contributed by atoms with E-state index in [-0.39, 0.29) is 22.3 Å². The Labute approximate surface area is 164 Å². The Kier molecular flexibility index (Phi) is 4.55. The number of hydrogen-bond donors (Lipinski definition) is 2. The minimum absolute atomic E-state index is 0.0743. The lowest BCUT2D eigenvalue weighted by Gasteiger charge is -2.25. The Morgan fingerprint density at radius 3 is 2.72 bits per heavy atom. The lowest BCUT2D eigenvalue weighted by atomic mass is 10.0. The molecule has 0 atom stereocenters. The number of halogens is 2. The number of nitrogens with one attached hydrogen (secondary N) is 2. The molecule has 0 unspecified atom stereocenters. The molecule has 148 valence electrons. The van der Waals surface area contributed by atoms with Gasteiger partial charge in [0.15, 0.2) is 5.82 Å². The molecular formula is C19H14F2N4O3S. The van der Waals surface area contributed by atoms with Gasteiger partial charge in [0, 0.05) is 23.3 Å². The summed E-state index contributed by atoms with van der Waals surface area (Å²) in [7, 11) is -3.83. The predicted molar refractivity (Wildman–Crippen MR) is 102 cm³/mol. The van der Waals surface area contributed by atoms with E-state index >= 15 is 0 Å². The van der Waals surface area contributed by atoms with E-state index < -0.39 is 43.9 Å². The molecule has 0 radical (unpaired) electrons. The van der Waals surface area contributed by atoms with Crippen LogP contribution in [0.4, 0.5) is 20.2 Å². The van der Waals surface area contributed by atoms with Crippen LogP contribution in [0.5, 0.6) is 0 Å². The van der Waals surface area contributed by atoms with Gasteiger partial charge >= 0.3 is 0 Å². The minimum Gasteiger partial charge on any atom is -0.345 e. The molecule has 1 aliphatic carbocycles. The van der Waals surface area contributed by atoms with E-state index in [0.717, 1.165) is 18.6 Å². The summed E-state index contributed by atoms with van der Waals surface area (Å²) in [5, 5.41) is -0.388. The average molecular weight is 416 g/mol. The molecule has 7 nitrogen and oxygen atoms in total. The third-order valence-corrected chi connectivity index (χ3v) is 6.81. The zero-order valence-electron chi connectivity index (χ0n) is 14.9. The smallest absolute Gasteiger partial charge is 0.235 e. The molecule has 0 aliphatic heterocycles. The van der Waals surface area contributed by atoms with Crippen molar-refractivity contribution < 1.29 is 22.0 Å². The number of aromatic nitrogens is 2. The van der Waals surface area contributed by atoms with Crippen LogP contribution >= 0.6 is 0 Å². The van der Waals surface area contributed by atoms with E-state index in [0.29, 0.717) is 12.8 Å². The van der Waals surface area contributed by atoms with E-state index in [1.807, 2.05) is 0 Å². The molecule has 1 fully saturated rings. The summed E-state index contributed by atoms with van der Waals surface area (Å²) in [5.41, 5.74) is -0.998. The Hall–Kier alpha value is -3.32. The number of carbonyl (C=O) groups excluding carboxylic acids is 1. The Morgan fingerprint density at radius 2 is 2.07 bits per heavy atom. The molecule has 2 heterocycles. The van der Waals surface area contributed by atoms with Crippen LogP contribution in [0.25, 0.3) is 15.9 Å². The Bertz CT molecular complexity index is 1290. The molecule has 2 N–H and O–H groups in total. The van der Waals surface area contributed by atoms with Crippen LogP contribution in [-0.4, -0.2) is 29.4 Å². The molecule has 2 aromatic heterocycles. The van der Waals surface area contributed by atoms with E-state index in [1.54, 1.807) is 0 Å². The summed E-state index contributed by atoms with van der Waals surface area (Å²) in [6.45, 7) is 7.05. The number of benzene rings is 1. The van der Waals surface area contributed by atoms with Gasteiger partial charge in [-0.15, -0.1) is 0 Å². The second kappa shape index (κ2) is 6.93. The highest BCUT2D eigenvalue weighted by Crippen LogP contribution is 2.31. The fraction of sp³-hybridized carbons (Fsp3) is 0.211. The van der Waals surface area contributed by atoms with Crippen molar-refractivity contribution in [3.05, 3.63) is 64.8 Å². The third-order valence-electron chi connectivity index (χ3n) is 4.95. The fourth-order valence-corrected chi connectivity index (χ4v) is 4.72. The highest BCUT2D eigenvalue weighted by atomic mass is 32.2. The molecule has 1 aliphatic rings. The van der Waals surface area contributed by atoms with Crippen molar-refractivity contribution in [3.8, 4) is 0 Å². The first-order valence-corrected chi connectivity index (χ1v) is 10.3. The van der Waals surface area contributed by atoms with Crippen molar-refractivity contribution in [2.75, 3.05) is 4.72 Å². The van der Waals surface area contributed by atoms with E-state index in [9.17, 15) is 22.0 Å². The molecule has 0 spiro atoms. The van der Waals surface area contributed by atoms with Gasteiger partial charge in [-0.05, 0) is 31.0 Å². The van der Waals surface area contributed by atoms with Crippen molar-refractivity contribution in [3.63, 3.8) is 0 Å². The van der Waals surface area contributed by atoms with E-state index in [4.69, 9.17) is 6.57 Å². The zero-order valence-corrected chi connectivity index (χ0v) is 15.7. The van der Waals surface area contributed by atoms with Crippen molar-refractivity contribution in [1.82, 2.24) is 9.97 Å². The van der Waals surface area contributed by atoms with Crippen LogP contribution in [0.15, 0.2) is 30.6 Å². The number of fused-ring (bicyclic) bond motifs is 1. The number of H-pyrrole nitrogens is 1. The minimum atomic E-state index is -3.83. The largest absolute Gasteiger partial charge is 0.345 e. The summed E-state index contributed by atoms with van der Waals surface area (Å²) in [6, 6.07) is 3.18. The van der Waals surface area contributed by atoms with Crippen LogP contribution in [-0.2, 0) is 10.0 Å². The third kappa shape index (κ3) is 3.23. The Morgan fingerprint density at radius 1 is 1.31 bits per heavy atom. The lowest BCUT2D eigenvalue weighted by Crippen LogP contribution is -2.33. The quantitative estimate of drug-likeness (QED) is 0.487. The fourth-order valence-electron chi connectivity index (χ4n) is 3.13. The van der Waals surface area contributed by atoms with Crippen LogP contribution in [0.3, 0.4) is 0 Å². The van der Waals surface area contributed by atoms with Gasteiger partial charge in [0.25, 0.3) is 0 Å². The van der Waals surface area contributed by atoms with Crippen LogP contribution < -0.4 is 4.72 Å². The van der Waals surface area contributed by atoms with Gasteiger partial charge in [0.05, 0.1) is 23.1 Å². The summed E-state index contributed by atoms with van der Waals surface area (Å²) >= 11 is 0. The number of rotatable bonds is 5.